The Morgan fingerprint density at radius 2 is 2.00 bits per heavy atom. The quantitative estimate of drug-likeness (QED) is 0.899. The van der Waals surface area contributed by atoms with Gasteiger partial charge >= 0.3 is 6.01 Å². The Bertz CT molecular complexity index is 528. The van der Waals surface area contributed by atoms with Crippen molar-refractivity contribution >= 4 is 0 Å². The molecule has 1 heterocycles. The molecule has 0 unspecified atom stereocenters. The molecule has 0 atom stereocenters. The summed E-state index contributed by atoms with van der Waals surface area (Å²) in [6.45, 7) is 2.40. The summed E-state index contributed by atoms with van der Waals surface area (Å²) in [4.78, 5) is 8.02. The van der Waals surface area contributed by atoms with E-state index >= 15 is 0 Å². The van der Waals surface area contributed by atoms with Crippen LogP contribution < -0.4 is 10.5 Å². The molecule has 94 valence electrons. The van der Waals surface area contributed by atoms with E-state index in [0.29, 0.717) is 13.0 Å². The monoisotopic (exact) mass is 247 g/mol. The number of hydrogen-bond acceptors (Lipinski definition) is 4. The minimum absolute atomic E-state index is 0.125. The van der Waals surface area contributed by atoms with Crippen molar-refractivity contribution in [3.63, 3.8) is 0 Å². The normalized spacial score (nSPS) is 10.4. The fourth-order valence-corrected chi connectivity index (χ4v) is 1.48. The molecule has 2 N–H and O–H groups in total. The second-order valence-electron chi connectivity index (χ2n) is 3.95. The lowest BCUT2D eigenvalue weighted by atomic mass is 10.2. The van der Waals surface area contributed by atoms with Crippen LogP contribution in [-0.4, -0.2) is 16.5 Å². The van der Waals surface area contributed by atoms with Gasteiger partial charge in [-0.15, -0.1) is 0 Å². The molecule has 1 aromatic carbocycles. The highest BCUT2D eigenvalue weighted by molar-refractivity contribution is 5.31. The number of nitrogens with two attached hydrogens (primary N) is 1. The maximum atomic E-state index is 13.5. The molecule has 1 aromatic heterocycles. The van der Waals surface area contributed by atoms with Crippen LogP contribution >= 0.6 is 0 Å². The zero-order valence-corrected chi connectivity index (χ0v) is 10.1. The van der Waals surface area contributed by atoms with Gasteiger partial charge in [0.25, 0.3) is 0 Å². The fraction of sp³-hybridized carbons (Fsp3) is 0.231. The molecule has 0 amide bonds. The molecular formula is C13H14FN3O. The molecule has 2 aromatic rings. The van der Waals surface area contributed by atoms with Crippen molar-refractivity contribution in [1.29, 1.82) is 0 Å². The van der Waals surface area contributed by atoms with Crippen LogP contribution in [0.15, 0.2) is 30.6 Å². The van der Waals surface area contributed by atoms with E-state index in [1.54, 1.807) is 24.5 Å². The molecule has 0 aliphatic heterocycles. The van der Waals surface area contributed by atoms with Crippen molar-refractivity contribution in [2.75, 3.05) is 6.54 Å². The van der Waals surface area contributed by atoms with E-state index in [1.165, 1.54) is 6.07 Å². The first-order valence-corrected chi connectivity index (χ1v) is 5.64. The largest absolute Gasteiger partial charge is 0.421 e. The standard InChI is InChI=1S/C13H14FN3O/c1-9-2-3-11(14)12(6-9)18-13-16-7-10(4-5-15)8-17-13/h2-3,6-8H,4-5,15H2,1H3. The lowest BCUT2D eigenvalue weighted by molar-refractivity contribution is 0.410. The summed E-state index contributed by atoms with van der Waals surface area (Å²) in [5, 5.41) is 0. The number of aromatic nitrogens is 2. The molecular weight excluding hydrogens is 233 g/mol. The van der Waals surface area contributed by atoms with Crippen LogP contribution in [0.1, 0.15) is 11.1 Å². The average molecular weight is 247 g/mol. The summed E-state index contributed by atoms with van der Waals surface area (Å²) >= 11 is 0. The van der Waals surface area contributed by atoms with Gasteiger partial charge in [0.1, 0.15) is 0 Å². The van der Waals surface area contributed by atoms with Gasteiger partial charge in [0.15, 0.2) is 11.6 Å². The predicted octanol–water partition coefficient (Wildman–Crippen LogP) is 2.22. The zero-order valence-electron chi connectivity index (χ0n) is 10.1. The van der Waals surface area contributed by atoms with Crippen LogP contribution in [0.3, 0.4) is 0 Å². The van der Waals surface area contributed by atoms with Crippen LogP contribution in [0, 0.1) is 12.7 Å². The van der Waals surface area contributed by atoms with Crippen LogP contribution in [0.4, 0.5) is 4.39 Å². The molecule has 0 saturated heterocycles. The van der Waals surface area contributed by atoms with E-state index in [9.17, 15) is 4.39 Å². The number of hydrogen-bond donors (Lipinski definition) is 1. The van der Waals surface area contributed by atoms with Gasteiger partial charge < -0.3 is 10.5 Å². The van der Waals surface area contributed by atoms with E-state index in [1.807, 2.05) is 6.92 Å². The van der Waals surface area contributed by atoms with Gasteiger partial charge in [-0.3, -0.25) is 0 Å². The summed E-state index contributed by atoms with van der Waals surface area (Å²) in [7, 11) is 0. The van der Waals surface area contributed by atoms with E-state index < -0.39 is 5.82 Å². The second-order valence-corrected chi connectivity index (χ2v) is 3.95. The fourth-order valence-electron chi connectivity index (χ4n) is 1.48. The predicted molar refractivity (Wildman–Crippen MR) is 66.0 cm³/mol. The van der Waals surface area contributed by atoms with Crippen LogP contribution in [-0.2, 0) is 6.42 Å². The Morgan fingerprint density at radius 3 is 2.67 bits per heavy atom. The number of aryl methyl sites for hydroxylation is 1. The first kappa shape index (κ1) is 12.4. The van der Waals surface area contributed by atoms with Gasteiger partial charge in [0.2, 0.25) is 0 Å². The molecule has 0 spiro atoms. The van der Waals surface area contributed by atoms with Gasteiger partial charge in [-0.05, 0) is 43.1 Å². The molecule has 0 bridgehead atoms. The first-order valence-electron chi connectivity index (χ1n) is 5.64. The zero-order chi connectivity index (χ0) is 13.0. The molecule has 18 heavy (non-hydrogen) atoms. The van der Waals surface area contributed by atoms with Gasteiger partial charge in [0.05, 0.1) is 0 Å². The number of ether oxygens (including phenoxy) is 1. The van der Waals surface area contributed by atoms with Gasteiger partial charge in [-0.2, -0.15) is 0 Å². The average Bonchev–Trinajstić information content (AvgIpc) is 2.37. The molecule has 0 aliphatic carbocycles. The van der Waals surface area contributed by atoms with Crippen molar-refractivity contribution in [2.45, 2.75) is 13.3 Å². The lowest BCUT2D eigenvalue weighted by Gasteiger charge is -2.06. The van der Waals surface area contributed by atoms with Crippen molar-refractivity contribution in [3.05, 3.63) is 47.5 Å². The number of rotatable bonds is 4. The number of benzene rings is 1. The molecule has 4 nitrogen and oxygen atoms in total. The summed E-state index contributed by atoms with van der Waals surface area (Å²) < 4.78 is 18.8. The van der Waals surface area contributed by atoms with Crippen molar-refractivity contribution < 1.29 is 9.13 Å². The van der Waals surface area contributed by atoms with E-state index in [-0.39, 0.29) is 11.8 Å². The summed E-state index contributed by atoms with van der Waals surface area (Å²) in [5.74, 6) is -0.309. The highest BCUT2D eigenvalue weighted by Crippen LogP contribution is 2.22. The number of nitrogens with zero attached hydrogens (tertiary/aromatic N) is 2. The summed E-state index contributed by atoms with van der Waals surface area (Å²) in [6.07, 6.45) is 3.96. The minimum atomic E-state index is -0.435. The highest BCUT2D eigenvalue weighted by Gasteiger charge is 2.06. The molecule has 0 radical (unpaired) electrons. The maximum Gasteiger partial charge on any atom is 0.321 e. The SMILES string of the molecule is Cc1ccc(F)c(Oc2ncc(CCN)cn2)c1. The van der Waals surface area contributed by atoms with Crippen molar-refractivity contribution in [1.82, 2.24) is 9.97 Å². The van der Waals surface area contributed by atoms with Crippen molar-refractivity contribution in [2.24, 2.45) is 5.73 Å². The van der Waals surface area contributed by atoms with Crippen molar-refractivity contribution in [3.8, 4) is 11.8 Å². The van der Waals surface area contributed by atoms with Crippen LogP contribution in [0.5, 0.6) is 11.8 Å². The third kappa shape index (κ3) is 3.01. The van der Waals surface area contributed by atoms with Crippen LogP contribution in [0.25, 0.3) is 0 Å². The Kier molecular flexibility index (Phi) is 3.84. The molecule has 5 heteroatoms. The van der Waals surface area contributed by atoms with Gasteiger partial charge in [0, 0.05) is 12.4 Å². The Morgan fingerprint density at radius 1 is 1.28 bits per heavy atom. The number of halogens is 1. The topological polar surface area (TPSA) is 61.0 Å². The summed E-state index contributed by atoms with van der Waals surface area (Å²) in [5.41, 5.74) is 7.26. The van der Waals surface area contributed by atoms with Crippen LogP contribution in [0.2, 0.25) is 0 Å². The Hall–Kier alpha value is -2.01. The maximum absolute atomic E-state index is 13.5. The smallest absolute Gasteiger partial charge is 0.321 e. The second kappa shape index (κ2) is 5.55. The van der Waals surface area contributed by atoms with Gasteiger partial charge in [-0.1, -0.05) is 6.07 Å². The summed E-state index contributed by atoms with van der Waals surface area (Å²) in [6, 6.07) is 4.76. The lowest BCUT2D eigenvalue weighted by Crippen LogP contribution is -2.04. The Labute approximate surface area is 105 Å². The molecule has 0 aliphatic rings. The Balaban J connectivity index is 2.15. The van der Waals surface area contributed by atoms with E-state index in [0.717, 1.165) is 11.1 Å². The van der Waals surface area contributed by atoms with Gasteiger partial charge in [-0.25, -0.2) is 14.4 Å². The highest BCUT2D eigenvalue weighted by atomic mass is 19.1. The van der Waals surface area contributed by atoms with E-state index in [4.69, 9.17) is 10.5 Å². The molecule has 2 rings (SSSR count). The third-order valence-electron chi connectivity index (χ3n) is 2.40. The first-order chi connectivity index (χ1) is 8.69. The van der Waals surface area contributed by atoms with E-state index in [2.05, 4.69) is 9.97 Å². The minimum Gasteiger partial charge on any atom is -0.421 e. The third-order valence-corrected chi connectivity index (χ3v) is 2.40. The molecule has 0 fully saturated rings. The molecule has 0 saturated carbocycles.